The van der Waals surface area contributed by atoms with E-state index < -0.39 is 28.6 Å². The van der Waals surface area contributed by atoms with Gasteiger partial charge < -0.3 is 10.1 Å². The van der Waals surface area contributed by atoms with E-state index in [2.05, 4.69) is 10.1 Å². The number of aryl methyl sites for hydroxylation is 1. The summed E-state index contributed by atoms with van der Waals surface area (Å²) in [6.45, 7) is -0.960. The predicted octanol–water partition coefficient (Wildman–Crippen LogP) is 4.10. The molecule has 2 heterocycles. The van der Waals surface area contributed by atoms with Gasteiger partial charge in [0.15, 0.2) is 0 Å². The fraction of sp³-hybridized carbons (Fsp3) is 0.353. The van der Waals surface area contributed by atoms with Crippen LogP contribution >= 0.6 is 22.9 Å². The van der Waals surface area contributed by atoms with Crippen molar-refractivity contribution in [3.05, 3.63) is 40.2 Å². The SMILES string of the molecule is Cc1ccc(S(=O)(=O)N2CCCC2C(=O)Nc2ccc(OC(F)F)c(Cl)c2)s1. The maximum Gasteiger partial charge on any atom is 0.387 e. The van der Waals surface area contributed by atoms with Gasteiger partial charge >= 0.3 is 6.61 Å². The Hall–Kier alpha value is -1.75. The molecule has 1 amide bonds. The van der Waals surface area contributed by atoms with Gasteiger partial charge in [-0.2, -0.15) is 13.1 Å². The Labute approximate surface area is 170 Å². The molecular formula is C17H17ClF2N2O4S2. The Bertz CT molecular complexity index is 981. The molecule has 152 valence electrons. The molecule has 1 saturated heterocycles. The molecule has 1 aliphatic rings. The highest BCUT2D eigenvalue weighted by Gasteiger charge is 2.40. The summed E-state index contributed by atoms with van der Waals surface area (Å²) in [5.74, 6) is -0.722. The van der Waals surface area contributed by atoms with E-state index in [1.165, 1.54) is 28.6 Å². The highest BCUT2D eigenvalue weighted by molar-refractivity contribution is 7.91. The second kappa shape index (κ2) is 8.32. The lowest BCUT2D eigenvalue weighted by atomic mass is 10.2. The van der Waals surface area contributed by atoms with Crippen molar-refractivity contribution in [3.8, 4) is 5.75 Å². The van der Waals surface area contributed by atoms with Crippen molar-refractivity contribution in [2.45, 2.75) is 36.6 Å². The molecule has 6 nitrogen and oxygen atoms in total. The summed E-state index contributed by atoms with van der Waals surface area (Å²) in [5.41, 5.74) is 0.257. The Morgan fingerprint density at radius 1 is 1.36 bits per heavy atom. The maximum absolute atomic E-state index is 12.9. The largest absolute Gasteiger partial charge is 0.433 e. The van der Waals surface area contributed by atoms with Gasteiger partial charge in [0.2, 0.25) is 5.91 Å². The fourth-order valence-corrected chi connectivity index (χ4v) is 6.25. The standard InChI is InChI=1S/C17H17ClF2N2O4S2/c1-10-4-7-15(27-10)28(24,25)22-8-2-3-13(22)16(23)21-11-5-6-14(12(18)9-11)26-17(19)20/h4-7,9,13,17H,2-3,8H2,1H3,(H,21,23). The smallest absolute Gasteiger partial charge is 0.387 e. The van der Waals surface area contributed by atoms with Crippen LogP contribution in [0.15, 0.2) is 34.5 Å². The maximum atomic E-state index is 12.9. The minimum atomic E-state index is -3.77. The number of anilines is 1. The summed E-state index contributed by atoms with van der Waals surface area (Å²) in [4.78, 5) is 13.5. The number of thiophene rings is 1. The summed E-state index contributed by atoms with van der Waals surface area (Å²) < 4.78 is 56.0. The average Bonchev–Trinajstić information content (AvgIpc) is 3.26. The molecule has 1 aromatic carbocycles. The van der Waals surface area contributed by atoms with Crippen LogP contribution in [0.4, 0.5) is 14.5 Å². The third-order valence-electron chi connectivity index (χ3n) is 4.20. The molecule has 28 heavy (non-hydrogen) atoms. The summed E-state index contributed by atoms with van der Waals surface area (Å²) in [7, 11) is -3.77. The van der Waals surface area contributed by atoms with Crippen LogP contribution in [0.3, 0.4) is 0 Å². The molecule has 11 heteroatoms. The number of halogens is 3. The number of sulfonamides is 1. The summed E-state index contributed by atoms with van der Waals surface area (Å²) in [5, 5.41) is 2.50. The second-order valence-electron chi connectivity index (χ2n) is 6.15. The molecule has 1 aromatic heterocycles. The average molecular weight is 451 g/mol. The third kappa shape index (κ3) is 4.45. The van der Waals surface area contributed by atoms with Gasteiger partial charge in [0, 0.05) is 17.1 Å². The molecule has 1 unspecified atom stereocenters. The van der Waals surface area contributed by atoms with Gasteiger partial charge in [-0.05, 0) is 50.1 Å². The third-order valence-corrected chi connectivity index (χ3v) is 7.87. The van der Waals surface area contributed by atoms with E-state index in [4.69, 9.17) is 11.6 Å². The molecule has 0 bridgehead atoms. The van der Waals surface area contributed by atoms with Gasteiger partial charge in [0.1, 0.15) is 16.0 Å². The zero-order chi connectivity index (χ0) is 20.5. The van der Waals surface area contributed by atoms with Gasteiger partial charge in [-0.3, -0.25) is 4.79 Å². The molecule has 1 N–H and O–H groups in total. The second-order valence-corrected chi connectivity index (χ2v) is 9.96. The van der Waals surface area contributed by atoms with E-state index in [1.807, 2.05) is 6.92 Å². The molecule has 2 aromatic rings. The van der Waals surface area contributed by atoms with E-state index in [0.29, 0.717) is 12.8 Å². The van der Waals surface area contributed by atoms with E-state index in [-0.39, 0.29) is 27.2 Å². The summed E-state index contributed by atoms with van der Waals surface area (Å²) in [6, 6.07) is 6.23. The molecule has 1 aliphatic heterocycles. The first-order valence-electron chi connectivity index (χ1n) is 8.32. The van der Waals surface area contributed by atoms with Crippen molar-refractivity contribution in [1.29, 1.82) is 0 Å². The van der Waals surface area contributed by atoms with Gasteiger partial charge in [0.25, 0.3) is 10.0 Å². The first-order chi connectivity index (χ1) is 13.2. The number of hydrogen-bond acceptors (Lipinski definition) is 5. The monoisotopic (exact) mass is 450 g/mol. The topological polar surface area (TPSA) is 75.7 Å². The molecular weight excluding hydrogens is 434 g/mol. The van der Waals surface area contributed by atoms with Crippen molar-refractivity contribution in [2.24, 2.45) is 0 Å². The summed E-state index contributed by atoms with van der Waals surface area (Å²) >= 11 is 7.04. The number of carbonyl (C=O) groups is 1. The number of nitrogens with zero attached hydrogens (tertiary/aromatic N) is 1. The van der Waals surface area contributed by atoms with Crippen molar-refractivity contribution >= 4 is 44.6 Å². The molecule has 0 spiro atoms. The quantitative estimate of drug-likeness (QED) is 0.718. The minimum absolute atomic E-state index is 0.0944. The number of amides is 1. The normalized spacial score (nSPS) is 17.8. The lowest BCUT2D eigenvalue weighted by molar-refractivity contribution is -0.119. The lowest BCUT2D eigenvalue weighted by Gasteiger charge is -2.22. The molecule has 0 radical (unpaired) electrons. The van der Waals surface area contributed by atoms with Crippen molar-refractivity contribution in [2.75, 3.05) is 11.9 Å². The van der Waals surface area contributed by atoms with Crippen LogP contribution in [0, 0.1) is 6.92 Å². The van der Waals surface area contributed by atoms with E-state index in [1.54, 1.807) is 6.07 Å². The van der Waals surface area contributed by atoms with Crippen LogP contribution < -0.4 is 10.1 Å². The summed E-state index contributed by atoms with van der Waals surface area (Å²) in [6.07, 6.45) is 0.944. The van der Waals surface area contributed by atoms with Crippen LogP contribution in [0.25, 0.3) is 0 Å². The zero-order valence-corrected chi connectivity index (χ0v) is 17.1. The number of nitrogens with one attached hydrogen (secondary N) is 1. The van der Waals surface area contributed by atoms with Crippen LogP contribution in [-0.2, 0) is 14.8 Å². The van der Waals surface area contributed by atoms with Crippen LogP contribution in [0.5, 0.6) is 5.75 Å². The van der Waals surface area contributed by atoms with Gasteiger partial charge in [-0.25, -0.2) is 8.42 Å². The highest BCUT2D eigenvalue weighted by Crippen LogP contribution is 2.32. The first kappa shape index (κ1) is 21.0. The number of carbonyl (C=O) groups excluding carboxylic acids is 1. The minimum Gasteiger partial charge on any atom is -0.433 e. The van der Waals surface area contributed by atoms with E-state index in [9.17, 15) is 22.0 Å². The molecule has 1 atom stereocenters. The van der Waals surface area contributed by atoms with Gasteiger partial charge in [0.05, 0.1) is 5.02 Å². The number of hydrogen-bond donors (Lipinski definition) is 1. The fourth-order valence-electron chi connectivity index (χ4n) is 2.95. The Kier molecular flexibility index (Phi) is 6.23. The van der Waals surface area contributed by atoms with Crippen molar-refractivity contribution < 1.29 is 26.7 Å². The zero-order valence-electron chi connectivity index (χ0n) is 14.7. The lowest BCUT2D eigenvalue weighted by Crippen LogP contribution is -2.42. The number of benzene rings is 1. The Morgan fingerprint density at radius 3 is 2.71 bits per heavy atom. The van der Waals surface area contributed by atoms with E-state index in [0.717, 1.165) is 16.2 Å². The first-order valence-corrected chi connectivity index (χ1v) is 11.0. The van der Waals surface area contributed by atoms with Crippen molar-refractivity contribution in [1.82, 2.24) is 4.31 Å². The van der Waals surface area contributed by atoms with Crippen LogP contribution in [0.2, 0.25) is 5.02 Å². The van der Waals surface area contributed by atoms with Crippen LogP contribution in [-0.4, -0.2) is 37.8 Å². The van der Waals surface area contributed by atoms with Crippen LogP contribution in [0.1, 0.15) is 17.7 Å². The Balaban J connectivity index is 1.76. The number of rotatable bonds is 6. The molecule has 0 saturated carbocycles. The molecule has 0 aliphatic carbocycles. The highest BCUT2D eigenvalue weighted by atomic mass is 35.5. The molecule has 1 fully saturated rings. The van der Waals surface area contributed by atoms with E-state index >= 15 is 0 Å². The van der Waals surface area contributed by atoms with Gasteiger partial charge in [-0.15, -0.1) is 11.3 Å². The predicted molar refractivity (Wildman–Crippen MR) is 103 cm³/mol. The molecule has 3 rings (SSSR count). The number of ether oxygens (including phenoxy) is 1. The van der Waals surface area contributed by atoms with Gasteiger partial charge in [-0.1, -0.05) is 11.6 Å². The Morgan fingerprint density at radius 2 is 2.11 bits per heavy atom. The number of alkyl halides is 2. The van der Waals surface area contributed by atoms with Crippen molar-refractivity contribution in [3.63, 3.8) is 0 Å².